The Kier molecular flexibility index (Phi) is 10.2. The highest BCUT2D eigenvalue weighted by atomic mass is 127. The number of carbonyl (C=O) groups excluding carboxylic acids is 2. The molecule has 2 amide bonds. The average molecular weight is 674 g/mol. The van der Waals surface area contributed by atoms with Crippen molar-refractivity contribution in [2.45, 2.75) is 57.7 Å². The lowest BCUT2D eigenvalue weighted by Gasteiger charge is -2.34. The topological polar surface area (TPSA) is 86.8 Å². The summed E-state index contributed by atoms with van der Waals surface area (Å²) in [4.78, 5) is 29.5. The molecular formula is C31H36IN3O4S. The van der Waals surface area contributed by atoms with E-state index in [1.807, 2.05) is 61.5 Å². The maximum atomic E-state index is 14.1. The molecule has 0 aliphatic heterocycles. The van der Waals surface area contributed by atoms with Crippen LogP contribution in [-0.4, -0.2) is 50.0 Å². The molecule has 1 aliphatic rings. The SMILES string of the molecule is Cc1ccc(CN(C(=O)CN(c2ccc(I)cc2)S(C)(=O)=O)C(Cc2ccccc2)C(=O)NC2CCCC2)cc1. The van der Waals surface area contributed by atoms with Crippen LogP contribution in [0.2, 0.25) is 0 Å². The quantitative estimate of drug-likeness (QED) is 0.289. The molecule has 212 valence electrons. The van der Waals surface area contributed by atoms with E-state index in [9.17, 15) is 18.0 Å². The number of hydrogen-bond donors (Lipinski definition) is 1. The van der Waals surface area contributed by atoms with E-state index in [1.165, 1.54) is 0 Å². The van der Waals surface area contributed by atoms with Gasteiger partial charge in [-0.25, -0.2) is 8.42 Å². The molecule has 0 aromatic heterocycles. The van der Waals surface area contributed by atoms with Gasteiger partial charge in [0.15, 0.2) is 0 Å². The predicted molar refractivity (Wildman–Crippen MR) is 167 cm³/mol. The fourth-order valence-electron chi connectivity index (χ4n) is 5.03. The summed E-state index contributed by atoms with van der Waals surface area (Å²) in [6.45, 7) is 1.76. The Morgan fingerprint density at radius 1 is 0.925 bits per heavy atom. The predicted octanol–water partition coefficient (Wildman–Crippen LogP) is 5.06. The van der Waals surface area contributed by atoms with Crippen molar-refractivity contribution in [2.24, 2.45) is 0 Å². The smallest absolute Gasteiger partial charge is 0.244 e. The lowest BCUT2D eigenvalue weighted by molar-refractivity contribution is -0.140. The molecule has 0 bridgehead atoms. The summed E-state index contributed by atoms with van der Waals surface area (Å²) in [5.41, 5.74) is 3.28. The van der Waals surface area contributed by atoms with Crippen LogP contribution in [0.4, 0.5) is 5.69 Å². The molecule has 1 fully saturated rings. The van der Waals surface area contributed by atoms with Gasteiger partial charge in [0.2, 0.25) is 21.8 Å². The van der Waals surface area contributed by atoms with E-state index >= 15 is 0 Å². The van der Waals surface area contributed by atoms with Crippen LogP contribution >= 0.6 is 22.6 Å². The van der Waals surface area contributed by atoms with Crippen molar-refractivity contribution >= 4 is 50.1 Å². The largest absolute Gasteiger partial charge is 0.352 e. The Morgan fingerprint density at radius 3 is 2.15 bits per heavy atom. The molecule has 1 unspecified atom stereocenters. The summed E-state index contributed by atoms with van der Waals surface area (Å²) >= 11 is 2.15. The molecule has 0 saturated heterocycles. The average Bonchev–Trinajstić information content (AvgIpc) is 3.44. The summed E-state index contributed by atoms with van der Waals surface area (Å²) in [5.74, 6) is -0.650. The van der Waals surface area contributed by atoms with E-state index in [0.717, 1.165) is 56.5 Å². The number of halogens is 1. The van der Waals surface area contributed by atoms with Gasteiger partial charge >= 0.3 is 0 Å². The molecule has 9 heteroatoms. The van der Waals surface area contributed by atoms with Gasteiger partial charge in [-0.3, -0.25) is 13.9 Å². The van der Waals surface area contributed by atoms with Crippen LogP contribution in [0.1, 0.15) is 42.4 Å². The normalized spacial score (nSPS) is 14.5. The van der Waals surface area contributed by atoms with E-state index < -0.39 is 28.5 Å². The first-order chi connectivity index (χ1) is 19.1. The van der Waals surface area contributed by atoms with E-state index in [4.69, 9.17) is 0 Å². The number of anilines is 1. The molecule has 1 N–H and O–H groups in total. The molecule has 3 aromatic carbocycles. The highest BCUT2D eigenvalue weighted by Crippen LogP contribution is 2.23. The second-order valence-electron chi connectivity index (χ2n) is 10.4. The van der Waals surface area contributed by atoms with Gasteiger partial charge in [-0.15, -0.1) is 0 Å². The molecule has 4 rings (SSSR count). The van der Waals surface area contributed by atoms with Crippen molar-refractivity contribution in [1.82, 2.24) is 10.2 Å². The highest BCUT2D eigenvalue weighted by molar-refractivity contribution is 14.1. The molecule has 1 saturated carbocycles. The van der Waals surface area contributed by atoms with E-state index in [-0.39, 0.29) is 18.5 Å². The summed E-state index contributed by atoms with van der Waals surface area (Å²) in [7, 11) is -3.78. The van der Waals surface area contributed by atoms with Crippen LogP contribution in [0.25, 0.3) is 0 Å². The minimum atomic E-state index is -3.78. The van der Waals surface area contributed by atoms with Gasteiger partial charge < -0.3 is 10.2 Å². The van der Waals surface area contributed by atoms with E-state index in [0.29, 0.717) is 12.1 Å². The van der Waals surface area contributed by atoms with Crippen LogP contribution < -0.4 is 9.62 Å². The highest BCUT2D eigenvalue weighted by Gasteiger charge is 2.34. The third kappa shape index (κ3) is 8.30. The Balaban J connectivity index is 1.71. The van der Waals surface area contributed by atoms with Crippen molar-refractivity contribution in [1.29, 1.82) is 0 Å². The molecule has 0 heterocycles. The molecule has 0 spiro atoms. The number of benzene rings is 3. The molecule has 7 nitrogen and oxygen atoms in total. The first kappa shape index (κ1) is 30.0. The Morgan fingerprint density at radius 2 is 1.55 bits per heavy atom. The minimum Gasteiger partial charge on any atom is -0.352 e. The van der Waals surface area contributed by atoms with Gasteiger partial charge in [0.05, 0.1) is 11.9 Å². The number of amides is 2. The third-order valence-electron chi connectivity index (χ3n) is 7.24. The summed E-state index contributed by atoms with van der Waals surface area (Å²) in [6, 6.07) is 23.7. The number of carbonyl (C=O) groups is 2. The van der Waals surface area contributed by atoms with Gasteiger partial charge in [0.25, 0.3) is 0 Å². The molecule has 1 atom stereocenters. The summed E-state index contributed by atoms with van der Waals surface area (Å²) in [6.07, 6.45) is 5.39. The third-order valence-corrected chi connectivity index (χ3v) is 9.10. The van der Waals surface area contributed by atoms with Crippen molar-refractivity contribution in [3.63, 3.8) is 0 Å². The molecule has 0 radical (unpaired) electrons. The first-order valence-electron chi connectivity index (χ1n) is 13.5. The van der Waals surface area contributed by atoms with Crippen LogP contribution in [0, 0.1) is 10.5 Å². The van der Waals surface area contributed by atoms with E-state index in [2.05, 4.69) is 27.9 Å². The van der Waals surface area contributed by atoms with E-state index in [1.54, 1.807) is 29.2 Å². The van der Waals surface area contributed by atoms with Gasteiger partial charge in [-0.2, -0.15) is 0 Å². The fourth-order valence-corrected chi connectivity index (χ4v) is 6.24. The number of nitrogens with one attached hydrogen (secondary N) is 1. The van der Waals surface area contributed by atoms with Gasteiger partial charge in [-0.05, 0) is 77.7 Å². The van der Waals surface area contributed by atoms with Crippen molar-refractivity contribution < 1.29 is 18.0 Å². The van der Waals surface area contributed by atoms with Gasteiger partial charge in [0, 0.05) is 22.6 Å². The Labute approximate surface area is 251 Å². The second-order valence-corrected chi connectivity index (χ2v) is 13.6. The second kappa shape index (κ2) is 13.6. The zero-order chi connectivity index (χ0) is 28.7. The lowest BCUT2D eigenvalue weighted by Crippen LogP contribution is -2.54. The van der Waals surface area contributed by atoms with Gasteiger partial charge in [-0.1, -0.05) is 73.0 Å². The fraction of sp³-hybridized carbons (Fsp3) is 0.355. The maximum Gasteiger partial charge on any atom is 0.244 e. The van der Waals surface area contributed by atoms with Crippen molar-refractivity contribution in [2.75, 3.05) is 17.1 Å². The van der Waals surface area contributed by atoms with Crippen LogP contribution in [-0.2, 0) is 32.6 Å². The van der Waals surface area contributed by atoms with Gasteiger partial charge in [0.1, 0.15) is 12.6 Å². The number of rotatable bonds is 11. The number of nitrogens with zero attached hydrogens (tertiary/aromatic N) is 2. The Hall–Kier alpha value is -2.92. The summed E-state index contributed by atoms with van der Waals surface area (Å²) in [5, 5.41) is 3.19. The number of sulfonamides is 1. The van der Waals surface area contributed by atoms with Crippen LogP contribution in [0.5, 0.6) is 0 Å². The number of hydrogen-bond acceptors (Lipinski definition) is 4. The standard InChI is InChI=1S/C31H36IN3O4S/c1-23-12-14-25(15-13-23)21-34(30(36)22-35(40(2,38)39)28-18-16-26(32)17-19-28)29(20-24-8-4-3-5-9-24)31(37)33-27-10-6-7-11-27/h3-5,8-9,12-19,27,29H,6-7,10-11,20-22H2,1-2H3,(H,33,37). The van der Waals surface area contributed by atoms with Crippen LogP contribution in [0.3, 0.4) is 0 Å². The van der Waals surface area contributed by atoms with Crippen molar-refractivity contribution in [3.8, 4) is 0 Å². The first-order valence-corrected chi connectivity index (χ1v) is 16.5. The molecule has 1 aliphatic carbocycles. The lowest BCUT2D eigenvalue weighted by atomic mass is 10.0. The molecule has 3 aromatic rings. The Bertz CT molecular complexity index is 1390. The zero-order valence-corrected chi connectivity index (χ0v) is 25.9. The monoisotopic (exact) mass is 673 g/mol. The van der Waals surface area contributed by atoms with Crippen molar-refractivity contribution in [3.05, 3.63) is 99.1 Å². The minimum absolute atomic E-state index is 0.0846. The number of aryl methyl sites for hydroxylation is 1. The maximum absolute atomic E-state index is 14.1. The summed E-state index contributed by atoms with van der Waals surface area (Å²) < 4.78 is 27.8. The zero-order valence-electron chi connectivity index (χ0n) is 22.9. The molecular weight excluding hydrogens is 637 g/mol. The van der Waals surface area contributed by atoms with Crippen LogP contribution in [0.15, 0.2) is 78.9 Å². The molecule has 40 heavy (non-hydrogen) atoms.